The monoisotopic (exact) mass is 368 g/mol. The van der Waals surface area contributed by atoms with Gasteiger partial charge in [0.2, 0.25) is 6.79 Å². The average molecular weight is 368 g/mol. The van der Waals surface area contributed by atoms with Crippen LogP contribution in [0.15, 0.2) is 46.3 Å². The fraction of sp³-hybridized carbons (Fsp3) is 0.158. The van der Waals surface area contributed by atoms with Gasteiger partial charge in [0.05, 0.1) is 17.7 Å². The molecule has 132 valence electrons. The first-order chi connectivity index (χ1) is 12.6. The van der Waals surface area contributed by atoms with Crippen LogP contribution in [0.25, 0.3) is 6.08 Å². The number of hydrogen-bond donors (Lipinski definition) is 1. The molecule has 0 aromatic heterocycles. The molecule has 0 radical (unpaired) electrons. The smallest absolute Gasteiger partial charge is 0.264 e. The first kappa shape index (κ1) is 16.5. The molecular formula is C19H16N2O4S. The van der Waals surface area contributed by atoms with Crippen molar-refractivity contribution < 1.29 is 19.0 Å². The van der Waals surface area contributed by atoms with E-state index in [4.69, 9.17) is 14.2 Å². The zero-order chi connectivity index (χ0) is 18.1. The van der Waals surface area contributed by atoms with Crippen LogP contribution in [0, 0.1) is 6.92 Å². The van der Waals surface area contributed by atoms with Gasteiger partial charge in [0.25, 0.3) is 5.91 Å². The van der Waals surface area contributed by atoms with E-state index in [1.165, 1.54) is 11.8 Å². The van der Waals surface area contributed by atoms with E-state index in [9.17, 15) is 4.79 Å². The topological polar surface area (TPSA) is 69.2 Å². The van der Waals surface area contributed by atoms with E-state index in [1.54, 1.807) is 25.3 Å². The molecule has 6 nitrogen and oxygen atoms in total. The minimum absolute atomic E-state index is 0.182. The highest BCUT2D eigenvalue weighted by atomic mass is 32.2. The number of fused-ring (bicyclic) bond motifs is 1. The maximum absolute atomic E-state index is 12.3. The Labute approximate surface area is 154 Å². The number of amides is 1. The van der Waals surface area contributed by atoms with Crippen LogP contribution in [-0.2, 0) is 4.79 Å². The molecule has 2 heterocycles. The Morgan fingerprint density at radius 1 is 1.23 bits per heavy atom. The number of benzene rings is 2. The lowest BCUT2D eigenvalue weighted by molar-refractivity contribution is -0.115. The lowest BCUT2D eigenvalue weighted by atomic mass is 10.1. The summed E-state index contributed by atoms with van der Waals surface area (Å²) in [6, 6.07) is 11.4. The fourth-order valence-corrected chi connectivity index (χ4v) is 3.50. The van der Waals surface area contributed by atoms with Crippen LogP contribution >= 0.6 is 11.8 Å². The molecule has 1 N–H and O–H groups in total. The number of carbonyl (C=O) groups excluding carboxylic acids is 1. The highest BCUT2D eigenvalue weighted by molar-refractivity contribution is 8.18. The predicted molar refractivity (Wildman–Crippen MR) is 101 cm³/mol. The van der Waals surface area contributed by atoms with Gasteiger partial charge in [0.1, 0.15) is 5.75 Å². The number of methoxy groups -OCH3 is 1. The number of aryl methyl sites for hydroxylation is 1. The number of carbonyl (C=O) groups is 1. The van der Waals surface area contributed by atoms with Gasteiger partial charge >= 0.3 is 0 Å². The number of thioether (sulfide) groups is 1. The van der Waals surface area contributed by atoms with Crippen LogP contribution < -0.4 is 19.5 Å². The zero-order valence-electron chi connectivity index (χ0n) is 14.2. The molecule has 2 aromatic carbocycles. The first-order valence-electron chi connectivity index (χ1n) is 7.96. The number of aliphatic imine (C=N–C) groups is 1. The van der Waals surface area contributed by atoms with Crippen LogP contribution in [0.4, 0.5) is 5.69 Å². The Hall–Kier alpha value is -2.93. The summed E-state index contributed by atoms with van der Waals surface area (Å²) in [5.41, 5.74) is 2.66. The first-order valence-corrected chi connectivity index (χ1v) is 8.78. The Morgan fingerprint density at radius 3 is 2.81 bits per heavy atom. The molecule has 0 aliphatic carbocycles. The summed E-state index contributed by atoms with van der Waals surface area (Å²) in [5, 5.41) is 3.34. The van der Waals surface area contributed by atoms with Gasteiger partial charge in [-0.25, -0.2) is 4.99 Å². The molecule has 2 aromatic rings. The van der Waals surface area contributed by atoms with Crippen molar-refractivity contribution >= 4 is 34.6 Å². The lowest BCUT2D eigenvalue weighted by Gasteiger charge is -2.06. The van der Waals surface area contributed by atoms with Crippen molar-refractivity contribution in [2.75, 3.05) is 13.9 Å². The second kappa shape index (κ2) is 6.76. The summed E-state index contributed by atoms with van der Waals surface area (Å²) >= 11 is 1.29. The van der Waals surface area contributed by atoms with E-state index in [2.05, 4.69) is 10.3 Å². The zero-order valence-corrected chi connectivity index (χ0v) is 15.1. The molecule has 1 amide bonds. The van der Waals surface area contributed by atoms with Crippen LogP contribution in [0.5, 0.6) is 17.2 Å². The molecule has 0 bridgehead atoms. The highest BCUT2D eigenvalue weighted by Gasteiger charge is 2.25. The molecule has 1 fully saturated rings. The summed E-state index contributed by atoms with van der Waals surface area (Å²) in [5.74, 6) is 1.68. The third kappa shape index (κ3) is 3.25. The van der Waals surface area contributed by atoms with Crippen molar-refractivity contribution in [3.05, 3.63) is 52.4 Å². The summed E-state index contributed by atoms with van der Waals surface area (Å²) in [6.45, 7) is 2.18. The van der Waals surface area contributed by atoms with Crippen LogP contribution in [0.3, 0.4) is 0 Å². The quantitative estimate of drug-likeness (QED) is 0.838. The Balaban J connectivity index is 1.63. The Morgan fingerprint density at radius 2 is 2.04 bits per heavy atom. The van der Waals surface area contributed by atoms with Crippen LogP contribution in [0.2, 0.25) is 0 Å². The molecule has 0 spiro atoms. The molecule has 1 saturated heterocycles. The van der Waals surface area contributed by atoms with Gasteiger partial charge in [-0.2, -0.15) is 0 Å². The van der Waals surface area contributed by atoms with E-state index in [-0.39, 0.29) is 12.7 Å². The molecule has 7 heteroatoms. The van der Waals surface area contributed by atoms with Crippen molar-refractivity contribution in [1.82, 2.24) is 5.32 Å². The number of hydrogen-bond acceptors (Lipinski definition) is 6. The predicted octanol–water partition coefficient (Wildman–Crippen LogP) is 3.62. The van der Waals surface area contributed by atoms with Crippen molar-refractivity contribution in [3.63, 3.8) is 0 Å². The summed E-state index contributed by atoms with van der Waals surface area (Å²) < 4.78 is 16.2. The van der Waals surface area contributed by atoms with E-state index < -0.39 is 0 Å². The van der Waals surface area contributed by atoms with Gasteiger partial charge in [-0.15, -0.1) is 0 Å². The maximum Gasteiger partial charge on any atom is 0.264 e. The second-order valence-electron chi connectivity index (χ2n) is 5.77. The van der Waals surface area contributed by atoms with Gasteiger partial charge in [-0.05, 0) is 48.5 Å². The molecule has 2 aliphatic heterocycles. The van der Waals surface area contributed by atoms with E-state index >= 15 is 0 Å². The number of nitrogens with one attached hydrogen (secondary N) is 1. The molecular weight excluding hydrogens is 352 g/mol. The van der Waals surface area contributed by atoms with Crippen LogP contribution in [-0.4, -0.2) is 25.0 Å². The van der Waals surface area contributed by atoms with Gasteiger partial charge in [0.15, 0.2) is 16.7 Å². The molecule has 26 heavy (non-hydrogen) atoms. The van der Waals surface area contributed by atoms with Crippen molar-refractivity contribution in [3.8, 4) is 17.2 Å². The fourth-order valence-electron chi connectivity index (χ4n) is 2.67. The summed E-state index contributed by atoms with van der Waals surface area (Å²) in [6.07, 6.45) is 1.76. The number of ether oxygens (including phenoxy) is 3. The number of amidine groups is 1. The van der Waals surface area contributed by atoms with E-state index in [1.807, 2.05) is 31.2 Å². The van der Waals surface area contributed by atoms with Crippen molar-refractivity contribution in [2.24, 2.45) is 4.99 Å². The standard InChI is InChI=1S/C19H16N2O4S/c1-11-4-3-5-13(6-11)20-19-21-18(22)17(26-19)8-12-7-15-16(25-10-24-15)9-14(12)23-2/h3-9H,10H2,1-2H3,(H,20,21,22). The average Bonchev–Trinajstić information content (AvgIpc) is 3.20. The lowest BCUT2D eigenvalue weighted by Crippen LogP contribution is -2.19. The minimum Gasteiger partial charge on any atom is -0.496 e. The van der Waals surface area contributed by atoms with Crippen LogP contribution in [0.1, 0.15) is 11.1 Å². The van der Waals surface area contributed by atoms with E-state index in [0.29, 0.717) is 27.3 Å². The molecule has 4 rings (SSSR count). The minimum atomic E-state index is -0.193. The second-order valence-corrected chi connectivity index (χ2v) is 6.80. The van der Waals surface area contributed by atoms with E-state index in [0.717, 1.165) is 16.8 Å². The van der Waals surface area contributed by atoms with Gasteiger partial charge in [-0.1, -0.05) is 12.1 Å². The number of rotatable bonds is 3. The third-order valence-corrected chi connectivity index (χ3v) is 4.80. The van der Waals surface area contributed by atoms with Gasteiger partial charge in [-0.3, -0.25) is 4.79 Å². The maximum atomic E-state index is 12.3. The third-order valence-electron chi connectivity index (χ3n) is 3.89. The largest absolute Gasteiger partial charge is 0.496 e. The Kier molecular flexibility index (Phi) is 4.30. The summed E-state index contributed by atoms with van der Waals surface area (Å²) in [7, 11) is 1.58. The summed E-state index contributed by atoms with van der Waals surface area (Å²) in [4.78, 5) is 17.3. The molecule has 0 unspecified atom stereocenters. The SMILES string of the molecule is COc1cc2c(cc1C=C1SC(=Nc3cccc(C)c3)NC1=O)OCO2. The van der Waals surface area contributed by atoms with Gasteiger partial charge in [0, 0.05) is 11.6 Å². The number of nitrogens with zero attached hydrogens (tertiary/aromatic N) is 1. The van der Waals surface area contributed by atoms with Gasteiger partial charge < -0.3 is 19.5 Å². The molecule has 2 aliphatic rings. The highest BCUT2D eigenvalue weighted by Crippen LogP contribution is 2.40. The Bertz CT molecular complexity index is 953. The van der Waals surface area contributed by atoms with Crippen molar-refractivity contribution in [1.29, 1.82) is 0 Å². The molecule has 0 saturated carbocycles. The normalized spacial score (nSPS) is 18.5. The van der Waals surface area contributed by atoms with Crippen molar-refractivity contribution in [2.45, 2.75) is 6.92 Å². The molecule has 0 atom stereocenters.